The molecule has 2 aromatic rings. The van der Waals surface area contributed by atoms with Gasteiger partial charge in [0.15, 0.2) is 11.5 Å². The molecule has 0 saturated carbocycles. The van der Waals surface area contributed by atoms with Crippen LogP contribution in [-0.2, 0) is 13.1 Å². The fourth-order valence-electron chi connectivity index (χ4n) is 2.60. The zero-order valence-corrected chi connectivity index (χ0v) is 15.4. The topological polar surface area (TPSA) is 88.7 Å². The number of hydrogen-bond acceptors (Lipinski definition) is 4. The van der Waals surface area contributed by atoms with Crippen molar-refractivity contribution in [3.8, 4) is 11.5 Å². The highest BCUT2D eigenvalue weighted by molar-refractivity contribution is 5.94. The number of nitrogens with one attached hydrogen (secondary N) is 3. The van der Waals surface area contributed by atoms with Crippen LogP contribution in [0.2, 0.25) is 0 Å². The summed E-state index contributed by atoms with van der Waals surface area (Å²) in [6.45, 7) is 4.82. The maximum atomic E-state index is 12.3. The number of carbonyl (C=O) groups excluding carboxylic acids is 2. The maximum Gasteiger partial charge on any atom is 0.315 e. The zero-order chi connectivity index (χ0) is 19.2. The molecule has 27 heavy (non-hydrogen) atoms. The summed E-state index contributed by atoms with van der Waals surface area (Å²) >= 11 is 0. The van der Waals surface area contributed by atoms with E-state index >= 15 is 0 Å². The van der Waals surface area contributed by atoms with E-state index in [0.717, 1.165) is 16.9 Å². The first kappa shape index (κ1) is 18.6. The van der Waals surface area contributed by atoms with Crippen LogP contribution in [-0.4, -0.2) is 24.8 Å². The lowest BCUT2D eigenvalue weighted by molar-refractivity contribution is 0.0950. The molecule has 7 nitrogen and oxygen atoms in total. The molecule has 3 rings (SSSR count). The third kappa shape index (κ3) is 5.13. The van der Waals surface area contributed by atoms with Crippen molar-refractivity contribution in [1.29, 1.82) is 0 Å². The zero-order valence-electron chi connectivity index (χ0n) is 15.4. The summed E-state index contributed by atoms with van der Waals surface area (Å²) < 4.78 is 10.6. The second-order valence-corrected chi connectivity index (χ2v) is 6.55. The molecule has 0 spiro atoms. The second kappa shape index (κ2) is 8.44. The molecule has 7 heteroatoms. The van der Waals surface area contributed by atoms with Gasteiger partial charge in [-0.2, -0.15) is 0 Å². The standard InChI is InChI=1S/C20H23N3O4/c1-13(2)23-20(25)22-10-14-3-6-16(7-4-14)19(24)21-11-15-5-8-17-18(9-15)27-12-26-17/h3-9,13H,10-12H2,1-2H3,(H,21,24)(H2,22,23,25). The van der Waals surface area contributed by atoms with Crippen molar-refractivity contribution in [3.05, 3.63) is 59.2 Å². The summed E-state index contributed by atoms with van der Waals surface area (Å²) in [5.74, 6) is 1.25. The second-order valence-electron chi connectivity index (χ2n) is 6.55. The number of rotatable bonds is 6. The maximum absolute atomic E-state index is 12.3. The highest BCUT2D eigenvalue weighted by Crippen LogP contribution is 2.32. The van der Waals surface area contributed by atoms with Gasteiger partial charge < -0.3 is 25.4 Å². The molecule has 0 radical (unpaired) electrons. The van der Waals surface area contributed by atoms with Crippen LogP contribution in [0.5, 0.6) is 11.5 Å². The van der Waals surface area contributed by atoms with Gasteiger partial charge in [-0.15, -0.1) is 0 Å². The third-order valence-corrected chi connectivity index (χ3v) is 3.98. The molecule has 0 fully saturated rings. The van der Waals surface area contributed by atoms with Crippen LogP contribution in [0.4, 0.5) is 4.79 Å². The highest BCUT2D eigenvalue weighted by Gasteiger charge is 2.13. The van der Waals surface area contributed by atoms with Crippen molar-refractivity contribution in [2.45, 2.75) is 33.0 Å². The van der Waals surface area contributed by atoms with Crippen molar-refractivity contribution in [2.75, 3.05) is 6.79 Å². The minimum absolute atomic E-state index is 0.0841. The molecular weight excluding hydrogens is 346 g/mol. The quantitative estimate of drug-likeness (QED) is 0.730. The van der Waals surface area contributed by atoms with Crippen LogP contribution < -0.4 is 25.4 Å². The Morgan fingerprint density at radius 1 is 0.926 bits per heavy atom. The SMILES string of the molecule is CC(C)NC(=O)NCc1ccc(C(=O)NCc2ccc3c(c2)OCO3)cc1. The van der Waals surface area contributed by atoms with Crippen molar-refractivity contribution in [2.24, 2.45) is 0 Å². The first-order chi connectivity index (χ1) is 13.0. The molecule has 0 saturated heterocycles. The predicted molar refractivity (Wildman–Crippen MR) is 101 cm³/mol. The van der Waals surface area contributed by atoms with E-state index in [1.54, 1.807) is 12.1 Å². The summed E-state index contributed by atoms with van der Waals surface area (Å²) in [6.07, 6.45) is 0. The van der Waals surface area contributed by atoms with E-state index in [4.69, 9.17) is 9.47 Å². The van der Waals surface area contributed by atoms with Crippen LogP contribution >= 0.6 is 0 Å². The summed E-state index contributed by atoms with van der Waals surface area (Å²) in [5.41, 5.74) is 2.41. The van der Waals surface area contributed by atoms with Crippen LogP contribution in [0, 0.1) is 0 Å². The van der Waals surface area contributed by atoms with Crippen LogP contribution in [0.3, 0.4) is 0 Å². The fraction of sp³-hybridized carbons (Fsp3) is 0.300. The lowest BCUT2D eigenvalue weighted by atomic mass is 10.1. The van der Waals surface area contributed by atoms with E-state index < -0.39 is 0 Å². The minimum atomic E-state index is -0.212. The molecule has 142 valence electrons. The number of benzene rings is 2. The number of amides is 3. The Bertz CT molecular complexity index is 818. The molecule has 2 aromatic carbocycles. The van der Waals surface area contributed by atoms with Crippen molar-refractivity contribution in [1.82, 2.24) is 16.0 Å². The fourth-order valence-corrected chi connectivity index (χ4v) is 2.60. The summed E-state index contributed by atoms with van der Waals surface area (Å²) in [7, 11) is 0. The molecule has 0 unspecified atom stereocenters. The Labute approximate surface area is 158 Å². The third-order valence-electron chi connectivity index (χ3n) is 3.98. The number of ether oxygens (including phenoxy) is 2. The smallest absolute Gasteiger partial charge is 0.315 e. The average Bonchev–Trinajstić information content (AvgIpc) is 3.12. The molecule has 3 amide bonds. The molecule has 0 bridgehead atoms. The number of urea groups is 1. The Hall–Kier alpha value is -3.22. The summed E-state index contributed by atoms with van der Waals surface area (Å²) in [5, 5.41) is 8.42. The van der Waals surface area contributed by atoms with Gasteiger partial charge in [-0.25, -0.2) is 4.79 Å². The van der Waals surface area contributed by atoms with Crippen molar-refractivity contribution >= 4 is 11.9 Å². The van der Waals surface area contributed by atoms with E-state index in [0.29, 0.717) is 24.4 Å². The highest BCUT2D eigenvalue weighted by atomic mass is 16.7. The van der Waals surface area contributed by atoms with E-state index in [2.05, 4.69) is 16.0 Å². The van der Waals surface area contributed by atoms with Crippen LogP contribution in [0.1, 0.15) is 35.3 Å². The molecule has 0 atom stereocenters. The molecule has 1 aliphatic heterocycles. The van der Waals surface area contributed by atoms with Gasteiger partial charge in [0.2, 0.25) is 6.79 Å². The van der Waals surface area contributed by atoms with Gasteiger partial charge in [0.1, 0.15) is 0 Å². The van der Waals surface area contributed by atoms with Gasteiger partial charge >= 0.3 is 6.03 Å². The Morgan fingerprint density at radius 2 is 1.59 bits per heavy atom. The molecule has 1 heterocycles. The van der Waals surface area contributed by atoms with Gasteiger partial charge in [0.25, 0.3) is 5.91 Å². The number of fused-ring (bicyclic) bond motifs is 1. The number of hydrogen-bond donors (Lipinski definition) is 3. The van der Waals surface area contributed by atoms with Gasteiger partial charge in [-0.3, -0.25) is 4.79 Å². The van der Waals surface area contributed by atoms with Crippen molar-refractivity contribution < 1.29 is 19.1 Å². The molecular formula is C20H23N3O4. The lowest BCUT2D eigenvalue weighted by Crippen LogP contribution is -2.39. The van der Waals surface area contributed by atoms with Gasteiger partial charge in [-0.1, -0.05) is 18.2 Å². The summed E-state index contributed by atoms with van der Waals surface area (Å²) in [6, 6.07) is 12.6. The van der Waals surface area contributed by atoms with Crippen LogP contribution in [0.15, 0.2) is 42.5 Å². The van der Waals surface area contributed by atoms with Crippen molar-refractivity contribution in [3.63, 3.8) is 0 Å². The monoisotopic (exact) mass is 369 g/mol. The first-order valence-corrected chi connectivity index (χ1v) is 8.81. The first-order valence-electron chi connectivity index (χ1n) is 8.81. The average molecular weight is 369 g/mol. The van der Waals surface area contributed by atoms with E-state index in [1.165, 1.54) is 0 Å². The van der Waals surface area contributed by atoms with Gasteiger partial charge in [-0.05, 0) is 49.2 Å². The van der Waals surface area contributed by atoms with Gasteiger partial charge in [0.05, 0.1) is 0 Å². The largest absolute Gasteiger partial charge is 0.454 e. The van der Waals surface area contributed by atoms with Gasteiger partial charge in [0, 0.05) is 24.7 Å². The number of carbonyl (C=O) groups is 2. The molecule has 0 aliphatic carbocycles. The molecule has 1 aliphatic rings. The van der Waals surface area contributed by atoms with E-state index in [1.807, 2.05) is 44.2 Å². The summed E-state index contributed by atoms with van der Waals surface area (Å²) in [4.78, 5) is 23.9. The van der Waals surface area contributed by atoms with E-state index in [-0.39, 0.29) is 24.8 Å². The minimum Gasteiger partial charge on any atom is -0.454 e. The Balaban J connectivity index is 1.49. The van der Waals surface area contributed by atoms with Crippen LogP contribution in [0.25, 0.3) is 0 Å². The lowest BCUT2D eigenvalue weighted by Gasteiger charge is -2.10. The van der Waals surface area contributed by atoms with E-state index in [9.17, 15) is 9.59 Å². The Kier molecular flexibility index (Phi) is 5.80. The normalized spacial score (nSPS) is 12.0. The Morgan fingerprint density at radius 3 is 2.33 bits per heavy atom. The molecule has 3 N–H and O–H groups in total. The molecule has 0 aromatic heterocycles. The predicted octanol–water partition coefficient (Wildman–Crippen LogP) is 2.55.